The van der Waals surface area contributed by atoms with Crippen LogP contribution in [0.5, 0.6) is 0 Å². The maximum absolute atomic E-state index is 4.21. The van der Waals surface area contributed by atoms with Gasteiger partial charge in [0.25, 0.3) is 0 Å². The lowest BCUT2D eigenvalue weighted by Gasteiger charge is -2.05. The Morgan fingerprint density at radius 3 is 1.60 bits per heavy atom. The molecule has 1 N–H and O–H groups in total. The summed E-state index contributed by atoms with van der Waals surface area (Å²) >= 11 is 0. The molecule has 0 aliphatic rings. The minimum absolute atomic E-state index is 0.978. The standard InChI is InChI=1S/C12H13N3/c1-9-3-5-11(7-13-9)15-12-6-4-10(2)14-8-12/h3-8,15H,1-2H3. The molecule has 0 saturated heterocycles. The lowest BCUT2D eigenvalue weighted by atomic mass is 10.3. The molecule has 0 aromatic carbocycles. The Labute approximate surface area is 89.2 Å². The fraction of sp³-hybridized carbons (Fsp3) is 0.167. The highest BCUT2D eigenvalue weighted by Gasteiger charge is 1.94. The second-order valence-electron chi connectivity index (χ2n) is 3.50. The Bertz CT molecular complexity index is 388. The van der Waals surface area contributed by atoms with Gasteiger partial charge in [-0.15, -0.1) is 0 Å². The van der Waals surface area contributed by atoms with Crippen molar-refractivity contribution in [2.75, 3.05) is 5.32 Å². The predicted octanol–water partition coefficient (Wildman–Crippen LogP) is 2.84. The van der Waals surface area contributed by atoms with Crippen molar-refractivity contribution in [1.29, 1.82) is 0 Å². The molecule has 2 rings (SSSR count). The van der Waals surface area contributed by atoms with Crippen LogP contribution in [0.4, 0.5) is 11.4 Å². The first-order valence-electron chi connectivity index (χ1n) is 4.86. The Balaban J connectivity index is 2.15. The summed E-state index contributed by atoms with van der Waals surface area (Å²) in [5.41, 5.74) is 3.99. The van der Waals surface area contributed by atoms with E-state index in [1.54, 1.807) is 0 Å². The van der Waals surface area contributed by atoms with E-state index < -0.39 is 0 Å². The van der Waals surface area contributed by atoms with Gasteiger partial charge in [0.15, 0.2) is 0 Å². The Morgan fingerprint density at radius 1 is 0.800 bits per heavy atom. The van der Waals surface area contributed by atoms with Crippen molar-refractivity contribution in [1.82, 2.24) is 9.97 Å². The van der Waals surface area contributed by atoms with Crippen molar-refractivity contribution >= 4 is 11.4 Å². The molecular weight excluding hydrogens is 186 g/mol. The lowest BCUT2D eigenvalue weighted by Crippen LogP contribution is -1.92. The van der Waals surface area contributed by atoms with Crippen LogP contribution in [-0.2, 0) is 0 Å². The zero-order chi connectivity index (χ0) is 10.7. The fourth-order valence-electron chi connectivity index (χ4n) is 1.25. The van der Waals surface area contributed by atoms with Crippen LogP contribution in [-0.4, -0.2) is 9.97 Å². The molecule has 0 spiro atoms. The number of nitrogens with zero attached hydrogens (tertiary/aromatic N) is 2. The van der Waals surface area contributed by atoms with Crippen molar-refractivity contribution in [3.63, 3.8) is 0 Å². The van der Waals surface area contributed by atoms with E-state index in [9.17, 15) is 0 Å². The lowest BCUT2D eigenvalue weighted by molar-refractivity contribution is 1.19. The quantitative estimate of drug-likeness (QED) is 0.808. The van der Waals surface area contributed by atoms with Crippen LogP contribution in [0.15, 0.2) is 36.7 Å². The van der Waals surface area contributed by atoms with Crippen LogP contribution in [0.25, 0.3) is 0 Å². The van der Waals surface area contributed by atoms with E-state index in [-0.39, 0.29) is 0 Å². The minimum atomic E-state index is 0.978. The number of hydrogen-bond acceptors (Lipinski definition) is 3. The molecule has 3 heteroatoms. The third-order valence-electron chi connectivity index (χ3n) is 2.11. The maximum Gasteiger partial charge on any atom is 0.0571 e. The maximum atomic E-state index is 4.21. The van der Waals surface area contributed by atoms with Crippen molar-refractivity contribution in [2.45, 2.75) is 13.8 Å². The molecule has 0 aliphatic carbocycles. The predicted molar refractivity (Wildman–Crippen MR) is 61.2 cm³/mol. The fourth-order valence-corrected chi connectivity index (χ4v) is 1.25. The Kier molecular flexibility index (Phi) is 2.63. The molecule has 0 atom stereocenters. The highest BCUT2D eigenvalue weighted by molar-refractivity contribution is 5.57. The van der Waals surface area contributed by atoms with E-state index in [0.717, 1.165) is 22.8 Å². The van der Waals surface area contributed by atoms with Crippen LogP contribution in [0.3, 0.4) is 0 Å². The summed E-state index contributed by atoms with van der Waals surface area (Å²) in [6.45, 7) is 3.94. The van der Waals surface area contributed by atoms with Crippen molar-refractivity contribution in [2.24, 2.45) is 0 Å². The summed E-state index contributed by atoms with van der Waals surface area (Å²) in [5, 5.41) is 3.23. The van der Waals surface area contributed by atoms with Crippen LogP contribution < -0.4 is 5.32 Å². The first kappa shape index (κ1) is 9.65. The van der Waals surface area contributed by atoms with Crippen LogP contribution in [0, 0.1) is 13.8 Å². The monoisotopic (exact) mass is 199 g/mol. The van der Waals surface area contributed by atoms with E-state index in [4.69, 9.17) is 0 Å². The molecule has 0 radical (unpaired) electrons. The normalized spacial score (nSPS) is 10.0. The van der Waals surface area contributed by atoms with Crippen LogP contribution in [0.2, 0.25) is 0 Å². The van der Waals surface area contributed by atoms with Crippen molar-refractivity contribution < 1.29 is 0 Å². The van der Waals surface area contributed by atoms with Gasteiger partial charge in [0, 0.05) is 11.4 Å². The van der Waals surface area contributed by atoms with Crippen LogP contribution >= 0.6 is 0 Å². The third-order valence-corrected chi connectivity index (χ3v) is 2.11. The van der Waals surface area contributed by atoms with Gasteiger partial charge in [-0.2, -0.15) is 0 Å². The van der Waals surface area contributed by atoms with Crippen molar-refractivity contribution in [3.05, 3.63) is 48.0 Å². The first-order chi connectivity index (χ1) is 7.24. The molecule has 2 aromatic rings. The summed E-state index contributed by atoms with van der Waals surface area (Å²) in [5.74, 6) is 0. The zero-order valence-electron chi connectivity index (χ0n) is 8.86. The summed E-state index contributed by atoms with van der Waals surface area (Å²) in [6, 6.07) is 7.96. The summed E-state index contributed by atoms with van der Waals surface area (Å²) in [6.07, 6.45) is 3.63. The molecule has 0 unspecified atom stereocenters. The molecular formula is C12H13N3. The smallest absolute Gasteiger partial charge is 0.0571 e. The molecule has 0 saturated carbocycles. The zero-order valence-corrected chi connectivity index (χ0v) is 8.86. The van der Waals surface area contributed by atoms with E-state index in [1.807, 2.05) is 50.5 Å². The number of nitrogens with one attached hydrogen (secondary N) is 1. The Morgan fingerprint density at radius 2 is 1.27 bits per heavy atom. The average molecular weight is 199 g/mol. The largest absolute Gasteiger partial charge is 0.353 e. The van der Waals surface area contributed by atoms with E-state index in [1.165, 1.54) is 0 Å². The molecule has 15 heavy (non-hydrogen) atoms. The second kappa shape index (κ2) is 4.09. The minimum Gasteiger partial charge on any atom is -0.353 e. The summed E-state index contributed by atoms with van der Waals surface area (Å²) in [7, 11) is 0. The van der Waals surface area contributed by atoms with Gasteiger partial charge in [0.1, 0.15) is 0 Å². The summed E-state index contributed by atoms with van der Waals surface area (Å²) < 4.78 is 0. The number of pyridine rings is 2. The number of aromatic nitrogens is 2. The molecule has 3 nitrogen and oxygen atoms in total. The molecule has 2 aromatic heterocycles. The third kappa shape index (κ3) is 2.53. The number of aryl methyl sites for hydroxylation is 2. The molecule has 0 fully saturated rings. The molecule has 0 amide bonds. The highest BCUT2D eigenvalue weighted by Crippen LogP contribution is 2.14. The first-order valence-corrected chi connectivity index (χ1v) is 4.86. The number of hydrogen-bond donors (Lipinski definition) is 1. The topological polar surface area (TPSA) is 37.8 Å². The van der Waals surface area contributed by atoms with Gasteiger partial charge in [-0.25, -0.2) is 0 Å². The SMILES string of the molecule is Cc1ccc(Nc2ccc(C)nc2)cn1. The second-order valence-corrected chi connectivity index (χ2v) is 3.50. The van der Waals surface area contributed by atoms with Crippen molar-refractivity contribution in [3.8, 4) is 0 Å². The number of anilines is 2. The van der Waals surface area contributed by atoms with Gasteiger partial charge in [-0.1, -0.05) is 0 Å². The molecule has 2 heterocycles. The van der Waals surface area contributed by atoms with Gasteiger partial charge < -0.3 is 5.32 Å². The van der Waals surface area contributed by atoms with E-state index in [0.29, 0.717) is 0 Å². The van der Waals surface area contributed by atoms with E-state index >= 15 is 0 Å². The van der Waals surface area contributed by atoms with Crippen LogP contribution in [0.1, 0.15) is 11.4 Å². The van der Waals surface area contributed by atoms with Gasteiger partial charge in [0.05, 0.1) is 23.8 Å². The molecule has 0 bridgehead atoms. The van der Waals surface area contributed by atoms with Gasteiger partial charge in [-0.3, -0.25) is 9.97 Å². The number of rotatable bonds is 2. The Hall–Kier alpha value is -1.90. The average Bonchev–Trinajstić information content (AvgIpc) is 2.25. The summed E-state index contributed by atoms with van der Waals surface area (Å²) in [4.78, 5) is 8.42. The van der Waals surface area contributed by atoms with Gasteiger partial charge in [-0.05, 0) is 38.1 Å². The van der Waals surface area contributed by atoms with Gasteiger partial charge in [0.2, 0.25) is 0 Å². The van der Waals surface area contributed by atoms with E-state index in [2.05, 4.69) is 15.3 Å². The van der Waals surface area contributed by atoms with Gasteiger partial charge >= 0.3 is 0 Å². The molecule has 76 valence electrons. The highest BCUT2D eigenvalue weighted by atomic mass is 14.9. The molecule has 0 aliphatic heterocycles.